The van der Waals surface area contributed by atoms with E-state index in [1.807, 2.05) is 6.92 Å². The Labute approximate surface area is 100.0 Å². The zero-order chi connectivity index (χ0) is 12.3. The number of nitrogens with one attached hydrogen (secondary N) is 1. The van der Waals surface area contributed by atoms with E-state index in [1.54, 1.807) is 0 Å². The lowest BCUT2D eigenvalue weighted by molar-refractivity contribution is 0.0907. The standard InChI is InChI=1S/C13H16FNO2/c1-9-11(6-7-17-9)8-15-13(16)10-2-4-12(14)5-3-10/h2-5,9,11H,6-8H2,1H3,(H,15,16). The Hall–Kier alpha value is -1.42. The molecule has 0 bridgehead atoms. The second-order valence-electron chi connectivity index (χ2n) is 4.34. The lowest BCUT2D eigenvalue weighted by Gasteiger charge is -2.14. The second-order valence-corrected chi connectivity index (χ2v) is 4.34. The molecule has 92 valence electrons. The van der Waals surface area contributed by atoms with Crippen molar-refractivity contribution in [2.75, 3.05) is 13.2 Å². The number of rotatable bonds is 3. The Morgan fingerprint density at radius 1 is 1.47 bits per heavy atom. The predicted octanol–water partition coefficient (Wildman–Crippen LogP) is 1.98. The van der Waals surface area contributed by atoms with Gasteiger partial charge in [0.25, 0.3) is 5.91 Å². The molecule has 1 N–H and O–H groups in total. The van der Waals surface area contributed by atoms with Crippen molar-refractivity contribution in [3.8, 4) is 0 Å². The second kappa shape index (κ2) is 5.27. The molecule has 4 heteroatoms. The highest BCUT2D eigenvalue weighted by Gasteiger charge is 2.24. The van der Waals surface area contributed by atoms with Crippen molar-refractivity contribution in [1.82, 2.24) is 5.32 Å². The molecule has 0 saturated carbocycles. The summed E-state index contributed by atoms with van der Waals surface area (Å²) >= 11 is 0. The Morgan fingerprint density at radius 3 is 2.76 bits per heavy atom. The zero-order valence-electron chi connectivity index (χ0n) is 9.78. The lowest BCUT2D eigenvalue weighted by Crippen LogP contribution is -2.31. The van der Waals surface area contributed by atoms with Crippen molar-refractivity contribution in [3.05, 3.63) is 35.6 Å². The van der Waals surface area contributed by atoms with Crippen molar-refractivity contribution < 1.29 is 13.9 Å². The van der Waals surface area contributed by atoms with Gasteiger partial charge in [-0.2, -0.15) is 0 Å². The Bertz CT molecular complexity index is 391. The maximum atomic E-state index is 12.7. The van der Waals surface area contributed by atoms with Gasteiger partial charge in [-0.3, -0.25) is 4.79 Å². The summed E-state index contributed by atoms with van der Waals surface area (Å²) in [6, 6.07) is 5.55. The van der Waals surface area contributed by atoms with Gasteiger partial charge in [0.1, 0.15) is 5.82 Å². The molecule has 2 atom stereocenters. The van der Waals surface area contributed by atoms with Gasteiger partial charge in [-0.25, -0.2) is 4.39 Å². The predicted molar refractivity (Wildman–Crippen MR) is 62.3 cm³/mol. The fourth-order valence-electron chi connectivity index (χ4n) is 1.97. The van der Waals surface area contributed by atoms with Gasteiger partial charge in [-0.1, -0.05) is 0 Å². The summed E-state index contributed by atoms with van der Waals surface area (Å²) in [6.07, 6.45) is 1.17. The molecule has 1 saturated heterocycles. The molecule has 1 aliphatic heterocycles. The molecule has 0 radical (unpaired) electrons. The summed E-state index contributed by atoms with van der Waals surface area (Å²) in [4.78, 5) is 11.7. The van der Waals surface area contributed by atoms with Gasteiger partial charge in [0.2, 0.25) is 0 Å². The molecule has 1 aliphatic rings. The molecule has 1 aromatic rings. The van der Waals surface area contributed by atoms with Crippen LogP contribution >= 0.6 is 0 Å². The number of carbonyl (C=O) groups is 1. The molecule has 3 nitrogen and oxygen atoms in total. The van der Waals surface area contributed by atoms with Crippen LogP contribution in [0.1, 0.15) is 23.7 Å². The number of ether oxygens (including phenoxy) is 1. The van der Waals surface area contributed by atoms with Crippen LogP contribution in [-0.2, 0) is 4.74 Å². The molecule has 1 aromatic carbocycles. The quantitative estimate of drug-likeness (QED) is 0.873. The molecule has 0 aromatic heterocycles. The van der Waals surface area contributed by atoms with E-state index in [1.165, 1.54) is 24.3 Å². The van der Waals surface area contributed by atoms with Crippen molar-refractivity contribution in [1.29, 1.82) is 0 Å². The van der Waals surface area contributed by atoms with E-state index in [9.17, 15) is 9.18 Å². The normalized spacial score (nSPS) is 23.6. The number of carbonyl (C=O) groups excluding carboxylic acids is 1. The topological polar surface area (TPSA) is 38.3 Å². The third-order valence-electron chi connectivity index (χ3n) is 3.16. The number of hydrogen-bond donors (Lipinski definition) is 1. The minimum atomic E-state index is -0.334. The van der Waals surface area contributed by atoms with Crippen LogP contribution < -0.4 is 5.32 Å². The van der Waals surface area contributed by atoms with Crippen LogP contribution in [0, 0.1) is 11.7 Å². The lowest BCUT2D eigenvalue weighted by atomic mass is 10.0. The van der Waals surface area contributed by atoms with Crippen LogP contribution in [-0.4, -0.2) is 25.2 Å². The highest BCUT2D eigenvalue weighted by molar-refractivity contribution is 5.94. The molecular formula is C13H16FNO2. The SMILES string of the molecule is CC1OCCC1CNC(=O)c1ccc(F)cc1. The average molecular weight is 237 g/mol. The summed E-state index contributed by atoms with van der Waals surface area (Å²) < 4.78 is 18.1. The van der Waals surface area contributed by atoms with E-state index in [4.69, 9.17) is 4.74 Å². The highest BCUT2D eigenvalue weighted by atomic mass is 19.1. The van der Waals surface area contributed by atoms with E-state index in [0.717, 1.165) is 13.0 Å². The van der Waals surface area contributed by atoms with Crippen LogP contribution in [0.25, 0.3) is 0 Å². The molecule has 17 heavy (non-hydrogen) atoms. The fraction of sp³-hybridized carbons (Fsp3) is 0.462. The first-order valence-corrected chi connectivity index (χ1v) is 5.82. The third kappa shape index (κ3) is 3.03. The smallest absolute Gasteiger partial charge is 0.251 e. The van der Waals surface area contributed by atoms with E-state index in [-0.39, 0.29) is 17.8 Å². The molecule has 2 rings (SSSR count). The summed E-state index contributed by atoms with van der Waals surface area (Å²) in [6.45, 7) is 3.39. The maximum Gasteiger partial charge on any atom is 0.251 e. The van der Waals surface area contributed by atoms with Gasteiger partial charge in [-0.05, 0) is 37.6 Å². The fourth-order valence-corrected chi connectivity index (χ4v) is 1.97. The van der Waals surface area contributed by atoms with Crippen LogP contribution in [0.2, 0.25) is 0 Å². The molecule has 2 unspecified atom stereocenters. The summed E-state index contributed by atoms with van der Waals surface area (Å²) in [5, 5.41) is 2.85. The number of amides is 1. The van der Waals surface area contributed by atoms with Crippen LogP contribution in [0.3, 0.4) is 0 Å². The first-order valence-electron chi connectivity index (χ1n) is 5.82. The van der Waals surface area contributed by atoms with E-state index < -0.39 is 0 Å². The minimum absolute atomic E-state index is 0.163. The van der Waals surface area contributed by atoms with Crippen molar-refractivity contribution in [2.24, 2.45) is 5.92 Å². The molecule has 1 fully saturated rings. The van der Waals surface area contributed by atoms with Crippen molar-refractivity contribution in [3.63, 3.8) is 0 Å². The summed E-state index contributed by atoms with van der Waals surface area (Å²) in [5.41, 5.74) is 0.484. The maximum absolute atomic E-state index is 12.7. The van der Waals surface area contributed by atoms with Gasteiger partial charge in [0.05, 0.1) is 6.10 Å². The third-order valence-corrected chi connectivity index (χ3v) is 3.16. The number of benzene rings is 1. The Balaban J connectivity index is 1.87. The van der Waals surface area contributed by atoms with E-state index >= 15 is 0 Å². The van der Waals surface area contributed by atoms with Crippen LogP contribution in [0.15, 0.2) is 24.3 Å². The molecule has 0 spiro atoms. The highest BCUT2D eigenvalue weighted by Crippen LogP contribution is 2.19. The average Bonchev–Trinajstić information content (AvgIpc) is 2.73. The van der Waals surface area contributed by atoms with Gasteiger partial charge in [0, 0.05) is 24.6 Å². The Kier molecular flexibility index (Phi) is 3.74. The van der Waals surface area contributed by atoms with Gasteiger partial charge >= 0.3 is 0 Å². The van der Waals surface area contributed by atoms with E-state index in [0.29, 0.717) is 18.0 Å². The van der Waals surface area contributed by atoms with Crippen LogP contribution in [0.5, 0.6) is 0 Å². The van der Waals surface area contributed by atoms with E-state index in [2.05, 4.69) is 5.32 Å². The van der Waals surface area contributed by atoms with Gasteiger partial charge < -0.3 is 10.1 Å². The number of hydrogen-bond acceptors (Lipinski definition) is 2. The molecular weight excluding hydrogens is 221 g/mol. The largest absolute Gasteiger partial charge is 0.378 e. The molecule has 1 heterocycles. The van der Waals surface area contributed by atoms with Crippen molar-refractivity contribution >= 4 is 5.91 Å². The van der Waals surface area contributed by atoms with Gasteiger partial charge in [0.15, 0.2) is 0 Å². The summed E-state index contributed by atoms with van der Waals surface area (Å²) in [5.74, 6) is -0.122. The monoisotopic (exact) mass is 237 g/mol. The summed E-state index contributed by atoms with van der Waals surface area (Å²) in [7, 11) is 0. The van der Waals surface area contributed by atoms with Crippen LogP contribution in [0.4, 0.5) is 4.39 Å². The number of halogens is 1. The first kappa shape index (κ1) is 12.0. The Morgan fingerprint density at radius 2 is 2.18 bits per heavy atom. The minimum Gasteiger partial charge on any atom is -0.378 e. The first-order chi connectivity index (χ1) is 8.16. The van der Waals surface area contributed by atoms with Crippen molar-refractivity contribution in [2.45, 2.75) is 19.4 Å². The molecule has 1 amide bonds. The zero-order valence-corrected chi connectivity index (χ0v) is 9.78. The van der Waals surface area contributed by atoms with Gasteiger partial charge in [-0.15, -0.1) is 0 Å². The molecule has 0 aliphatic carbocycles.